The van der Waals surface area contributed by atoms with Crippen LogP contribution in [0.1, 0.15) is 12.0 Å². The summed E-state index contributed by atoms with van der Waals surface area (Å²) in [5.41, 5.74) is 2.87. The lowest BCUT2D eigenvalue weighted by Gasteiger charge is -2.21. The highest BCUT2D eigenvalue weighted by Crippen LogP contribution is 2.35. The Bertz CT molecular complexity index is 1090. The van der Waals surface area contributed by atoms with Crippen LogP contribution in [0.15, 0.2) is 48.7 Å². The van der Waals surface area contributed by atoms with E-state index in [-0.39, 0.29) is 24.3 Å². The third kappa shape index (κ3) is 3.23. The number of hydrogen-bond donors (Lipinski definition) is 2. The molecule has 1 atom stereocenters. The summed E-state index contributed by atoms with van der Waals surface area (Å²) in [6.45, 7) is 1.70. The number of nitrogens with zero attached hydrogens (tertiary/aromatic N) is 1. The van der Waals surface area contributed by atoms with E-state index in [1.54, 1.807) is 18.2 Å². The third-order valence-electron chi connectivity index (χ3n) is 5.51. The van der Waals surface area contributed by atoms with E-state index in [1.807, 2.05) is 29.7 Å². The van der Waals surface area contributed by atoms with Gasteiger partial charge in [-0.2, -0.15) is 0 Å². The maximum Gasteiger partial charge on any atom is 0.292 e. The standard InChI is InChI=1S/C22H21N3O4/c26-21-12-18(23-8-7-14-13-24-17-4-2-1-3-16(14)17)22(27)25(21)15-5-6-19-20(11-15)29-10-9-28-19/h1-6,11,13,18,23-24H,7-10,12H2/p+1/t18-/m0/s1. The number of nitrogens with two attached hydrogens (primary N) is 1. The summed E-state index contributed by atoms with van der Waals surface area (Å²) in [6, 6.07) is 13.0. The molecule has 0 spiro atoms. The van der Waals surface area contributed by atoms with Crippen LogP contribution in [0, 0.1) is 0 Å². The average Bonchev–Trinajstić information content (AvgIpc) is 3.28. The number of hydrogen-bond acceptors (Lipinski definition) is 4. The Hall–Kier alpha value is -3.32. The Morgan fingerprint density at radius 3 is 2.79 bits per heavy atom. The zero-order valence-electron chi connectivity index (χ0n) is 15.9. The fourth-order valence-corrected chi connectivity index (χ4v) is 4.06. The van der Waals surface area contributed by atoms with Crippen molar-refractivity contribution in [2.24, 2.45) is 0 Å². The number of amides is 2. The number of fused-ring (bicyclic) bond motifs is 2. The number of aromatic nitrogens is 1. The molecule has 29 heavy (non-hydrogen) atoms. The molecule has 1 saturated heterocycles. The molecule has 3 heterocycles. The van der Waals surface area contributed by atoms with Crippen LogP contribution in [0.3, 0.4) is 0 Å². The molecule has 2 aromatic carbocycles. The first-order chi connectivity index (χ1) is 14.2. The van der Waals surface area contributed by atoms with E-state index in [0.717, 1.165) is 18.5 Å². The molecule has 1 fully saturated rings. The van der Waals surface area contributed by atoms with Gasteiger partial charge in [0.15, 0.2) is 17.5 Å². The lowest BCUT2D eigenvalue weighted by molar-refractivity contribution is -0.674. The van der Waals surface area contributed by atoms with E-state index in [0.29, 0.717) is 30.4 Å². The predicted molar refractivity (Wildman–Crippen MR) is 107 cm³/mol. The number of carbonyl (C=O) groups excluding carboxylic acids is 2. The van der Waals surface area contributed by atoms with E-state index in [4.69, 9.17) is 9.47 Å². The fraction of sp³-hybridized carbons (Fsp3) is 0.273. The quantitative estimate of drug-likeness (QED) is 0.642. The van der Waals surface area contributed by atoms with Gasteiger partial charge in [0, 0.05) is 29.6 Å². The molecule has 7 heteroatoms. The number of quaternary nitrogens is 1. The lowest BCUT2D eigenvalue weighted by atomic mass is 10.1. The van der Waals surface area contributed by atoms with Crippen molar-refractivity contribution in [1.82, 2.24) is 4.98 Å². The van der Waals surface area contributed by atoms with Crippen LogP contribution in [-0.4, -0.2) is 42.6 Å². The second-order valence-corrected chi connectivity index (χ2v) is 7.34. The van der Waals surface area contributed by atoms with Gasteiger partial charge >= 0.3 is 0 Å². The minimum Gasteiger partial charge on any atom is -0.486 e. The van der Waals surface area contributed by atoms with Gasteiger partial charge in [0.1, 0.15) is 13.2 Å². The summed E-state index contributed by atoms with van der Waals surface area (Å²) in [5, 5.41) is 3.17. The van der Waals surface area contributed by atoms with E-state index in [1.165, 1.54) is 15.8 Å². The molecule has 3 aromatic rings. The maximum absolute atomic E-state index is 12.9. The van der Waals surface area contributed by atoms with Crippen LogP contribution >= 0.6 is 0 Å². The Morgan fingerprint density at radius 2 is 1.90 bits per heavy atom. The molecule has 2 aliphatic rings. The van der Waals surface area contributed by atoms with Crippen molar-refractivity contribution in [3.05, 3.63) is 54.2 Å². The number of rotatable bonds is 5. The van der Waals surface area contributed by atoms with Gasteiger partial charge in [-0.3, -0.25) is 9.59 Å². The largest absolute Gasteiger partial charge is 0.486 e. The highest BCUT2D eigenvalue weighted by Gasteiger charge is 2.42. The van der Waals surface area contributed by atoms with E-state index in [9.17, 15) is 9.59 Å². The Kier molecular flexibility index (Phi) is 4.44. The number of H-pyrrole nitrogens is 1. The monoisotopic (exact) mass is 392 g/mol. The summed E-state index contributed by atoms with van der Waals surface area (Å²) in [5.74, 6) is 0.854. The summed E-state index contributed by atoms with van der Waals surface area (Å²) in [7, 11) is 0. The van der Waals surface area contributed by atoms with Crippen molar-refractivity contribution >= 4 is 28.4 Å². The first-order valence-corrected chi connectivity index (χ1v) is 9.85. The van der Waals surface area contributed by atoms with Crippen molar-refractivity contribution < 1.29 is 24.4 Å². The van der Waals surface area contributed by atoms with Crippen molar-refractivity contribution in [1.29, 1.82) is 0 Å². The van der Waals surface area contributed by atoms with Crippen LogP contribution < -0.4 is 19.7 Å². The zero-order chi connectivity index (χ0) is 19.8. The highest BCUT2D eigenvalue weighted by atomic mass is 16.6. The second-order valence-electron chi connectivity index (χ2n) is 7.34. The molecule has 5 rings (SSSR count). The number of ether oxygens (including phenoxy) is 2. The van der Waals surface area contributed by atoms with Crippen molar-refractivity contribution in [3.63, 3.8) is 0 Å². The van der Waals surface area contributed by atoms with Crippen LogP contribution in [0.2, 0.25) is 0 Å². The van der Waals surface area contributed by atoms with Gasteiger partial charge in [-0.15, -0.1) is 0 Å². The van der Waals surface area contributed by atoms with Gasteiger partial charge in [-0.05, 0) is 23.8 Å². The molecule has 3 N–H and O–H groups in total. The second kappa shape index (κ2) is 7.25. The number of nitrogens with one attached hydrogen (secondary N) is 1. The number of benzene rings is 2. The Morgan fingerprint density at radius 1 is 1.07 bits per heavy atom. The van der Waals surface area contributed by atoms with Gasteiger partial charge in [0.05, 0.1) is 18.7 Å². The van der Waals surface area contributed by atoms with E-state index in [2.05, 4.69) is 11.1 Å². The van der Waals surface area contributed by atoms with Gasteiger partial charge in [-0.25, -0.2) is 4.90 Å². The number of anilines is 1. The number of para-hydroxylation sites is 1. The lowest BCUT2D eigenvalue weighted by Crippen LogP contribution is -2.92. The van der Waals surface area contributed by atoms with Crippen LogP contribution in [0.4, 0.5) is 5.69 Å². The molecule has 1 aromatic heterocycles. The predicted octanol–water partition coefficient (Wildman–Crippen LogP) is 1.38. The number of carbonyl (C=O) groups is 2. The van der Waals surface area contributed by atoms with Crippen LogP contribution in [0.5, 0.6) is 11.5 Å². The maximum atomic E-state index is 12.9. The fourth-order valence-electron chi connectivity index (χ4n) is 4.06. The van der Waals surface area contributed by atoms with E-state index >= 15 is 0 Å². The summed E-state index contributed by atoms with van der Waals surface area (Å²) in [6.07, 6.45) is 3.05. The SMILES string of the molecule is O=C1C[C@H]([NH2+]CCc2c[nH]c3ccccc23)C(=O)N1c1ccc2c(c1)OCCO2. The van der Waals surface area contributed by atoms with Crippen molar-refractivity contribution in [3.8, 4) is 11.5 Å². The van der Waals surface area contributed by atoms with Crippen LogP contribution in [-0.2, 0) is 16.0 Å². The van der Waals surface area contributed by atoms with Crippen molar-refractivity contribution in [2.75, 3.05) is 24.7 Å². The minimum absolute atomic E-state index is 0.175. The molecule has 148 valence electrons. The highest BCUT2D eigenvalue weighted by molar-refractivity contribution is 6.21. The normalized spacial score (nSPS) is 18.6. The van der Waals surface area contributed by atoms with Crippen molar-refractivity contribution in [2.45, 2.75) is 18.9 Å². The molecule has 0 saturated carbocycles. The molecule has 0 unspecified atom stereocenters. The Labute approximate surface area is 167 Å². The van der Waals surface area contributed by atoms with E-state index < -0.39 is 0 Å². The van der Waals surface area contributed by atoms with Gasteiger partial charge in [0.2, 0.25) is 5.91 Å². The van der Waals surface area contributed by atoms with Crippen LogP contribution in [0.25, 0.3) is 10.9 Å². The third-order valence-corrected chi connectivity index (χ3v) is 5.51. The summed E-state index contributed by atoms with van der Waals surface area (Å²) in [4.78, 5) is 30.0. The molecule has 0 aliphatic carbocycles. The first kappa shape index (κ1) is 17.8. The molecule has 0 bridgehead atoms. The number of imide groups is 1. The van der Waals surface area contributed by atoms with Gasteiger partial charge in [0.25, 0.3) is 5.91 Å². The first-order valence-electron chi connectivity index (χ1n) is 9.85. The molecule has 7 nitrogen and oxygen atoms in total. The summed E-state index contributed by atoms with van der Waals surface area (Å²) >= 11 is 0. The molecule has 2 amide bonds. The Balaban J connectivity index is 1.26. The molecular weight excluding hydrogens is 370 g/mol. The minimum atomic E-state index is -0.388. The molecule has 2 aliphatic heterocycles. The molecular formula is C22H22N3O4+. The number of aromatic amines is 1. The average molecular weight is 392 g/mol. The molecule has 0 radical (unpaired) electrons. The summed E-state index contributed by atoms with van der Waals surface area (Å²) < 4.78 is 11.1. The smallest absolute Gasteiger partial charge is 0.292 e. The van der Waals surface area contributed by atoms with Gasteiger partial charge < -0.3 is 19.8 Å². The topological polar surface area (TPSA) is 88.2 Å². The van der Waals surface area contributed by atoms with Gasteiger partial charge in [-0.1, -0.05) is 18.2 Å². The zero-order valence-corrected chi connectivity index (χ0v) is 15.9.